The van der Waals surface area contributed by atoms with Gasteiger partial charge >= 0.3 is 6.18 Å². The molecule has 0 radical (unpaired) electrons. The van der Waals surface area contributed by atoms with Gasteiger partial charge in [0, 0.05) is 0 Å². The van der Waals surface area contributed by atoms with Gasteiger partial charge in [-0.3, -0.25) is 0 Å². The van der Waals surface area contributed by atoms with Crippen LogP contribution in [0.5, 0.6) is 5.75 Å². The molecule has 0 bridgehead atoms. The summed E-state index contributed by atoms with van der Waals surface area (Å²) in [6.07, 6.45) is -4.36. The number of hydrogen-bond donors (Lipinski definition) is 1. The van der Waals surface area contributed by atoms with Gasteiger partial charge in [-0.25, -0.2) is 0 Å². The number of alkyl halides is 3. The molecule has 0 amide bonds. The van der Waals surface area contributed by atoms with Crippen molar-refractivity contribution in [1.82, 2.24) is 0 Å². The van der Waals surface area contributed by atoms with E-state index in [1.807, 2.05) is 30.3 Å². The van der Waals surface area contributed by atoms with Gasteiger partial charge in [-0.15, -0.1) is 0 Å². The Labute approximate surface area is 131 Å². The number of aryl methyl sites for hydroxylation is 1. The Kier molecular flexibility index (Phi) is 3.90. The molecule has 2 nitrogen and oxygen atoms in total. The molecule has 0 atom stereocenters. The van der Waals surface area contributed by atoms with Crippen molar-refractivity contribution >= 4 is 21.5 Å². The molecule has 23 heavy (non-hydrogen) atoms. The van der Waals surface area contributed by atoms with Crippen molar-refractivity contribution in [3.05, 3.63) is 53.6 Å². The molecule has 120 valence electrons. The van der Waals surface area contributed by atoms with E-state index in [9.17, 15) is 18.3 Å². The molecule has 0 saturated heterocycles. The summed E-state index contributed by atoms with van der Waals surface area (Å²) in [5.41, 5.74) is 1.46. The summed E-state index contributed by atoms with van der Waals surface area (Å²) in [7, 11) is 0. The summed E-state index contributed by atoms with van der Waals surface area (Å²) in [4.78, 5) is 0. The predicted octanol–water partition coefficient (Wildman–Crippen LogP) is 4.73. The third kappa shape index (κ3) is 3.24. The Balaban J connectivity index is 2.09. The molecule has 5 heteroatoms. The number of aliphatic hydroxyl groups is 1. The molecule has 3 aromatic carbocycles. The van der Waals surface area contributed by atoms with Gasteiger partial charge < -0.3 is 9.84 Å². The number of aliphatic hydroxyl groups excluding tert-OH is 1. The maximum atomic E-state index is 12.3. The minimum Gasteiger partial charge on any atom is -0.484 e. The first-order chi connectivity index (χ1) is 10.9. The average Bonchev–Trinajstić information content (AvgIpc) is 2.51. The van der Waals surface area contributed by atoms with Crippen LogP contribution in [0.1, 0.15) is 11.1 Å². The number of halogens is 3. The summed E-state index contributed by atoms with van der Waals surface area (Å²) in [5, 5.41) is 12.9. The van der Waals surface area contributed by atoms with Crippen molar-refractivity contribution in [1.29, 1.82) is 0 Å². The molecule has 1 N–H and O–H groups in total. The molecule has 0 spiro atoms. The molecule has 0 aromatic heterocycles. The van der Waals surface area contributed by atoms with Crippen LogP contribution < -0.4 is 4.74 Å². The Bertz CT molecular complexity index is 869. The van der Waals surface area contributed by atoms with E-state index < -0.39 is 12.8 Å². The fourth-order valence-electron chi connectivity index (χ4n) is 2.66. The fourth-order valence-corrected chi connectivity index (χ4v) is 2.66. The van der Waals surface area contributed by atoms with E-state index >= 15 is 0 Å². The number of benzene rings is 3. The quantitative estimate of drug-likeness (QED) is 0.707. The van der Waals surface area contributed by atoms with Gasteiger partial charge in [0.1, 0.15) is 5.75 Å². The lowest BCUT2D eigenvalue weighted by Gasteiger charge is -2.14. The van der Waals surface area contributed by atoms with Crippen molar-refractivity contribution in [3.8, 4) is 5.75 Å². The third-order valence-electron chi connectivity index (χ3n) is 3.83. The molecule has 0 fully saturated rings. The summed E-state index contributed by atoms with van der Waals surface area (Å²) in [6.45, 7) is 0.388. The zero-order valence-corrected chi connectivity index (χ0v) is 12.4. The molecular formula is C18H15F3O2. The van der Waals surface area contributed by atoms with Gasteiger partial charge in [-0.1, -0.05) is 18.2 Å². The van der Waals surface area contributed by atoms with E-state index in [0.29, 0.717) is 5.56 Å². The fraction of sp³-hybridized carbons (Fsp3) is 0.222. The highest BCUT2D eigenvalue weighted by Gasteiger charge is 2.28. The first kappa shape index (κ1) is 15.6. The van der Waals surface area contributed by atoms with Gasteiger partial charge in [-0.2, -0.15) is 13.2 Å². The van der Waals surface area contributed by atoms with Crippen LogP contribution in [0.15, 0.2) is 42.5 Å². The zero-order chi connectivity index (χ0) is 16.6. The minimum absolute atomic E-state index is 0.0539. The van der Waals surface area contributed by atoms with Crippen molar-refractivity contribution in [2.24, 2.45) is 0 Å². The molecule has 0 aliphatic rings. The van der Waals surface area contributed by atoms with Crippen molar-refractivity contribution < 1.29 is 23.0 Å². The summed E-state index contributed by atoms with van der Waals surface area (Å²) in [6, 6.07) is 12.9. The monoisotopic (exact) mass is 320 g/mol. The number of ether oxygens (including phenoxy) is 1. The maximum absolute atomic E-state index is 12.3. The normalized spacial score (nSPS) is 12.0. The third-order valence-corrected chi connectivity index (χ3v) is 3.83. The highest BCUT2D eigenvalue weighted by atomic mass is 19.4. The Morgan fingerprint density at radius 3 is 2.39 bits per heavy atom. The van der Waals surface area contributed by atoms with Crippen molar-refractivity contribution in [3.63, 3.8) is 0 Å². The zero-order valence-electron chi connectivity index (χ0n) is 12.4. The SMILES string of the molecule is Cc1c(OCC(F)(F)F)ccc2cc3ccc(CO)cc3cc12. The topological polar surface area (TPSA) is 29.5 Å². The van der Waals surface area contributed by atoms with E-state index in [4.69, 9.17) is 4.74 Å². The Morgan fingerprint density at radius 2 is 1.70 bits per heavy atom. The lowest BCUT2D eigenvalue weighted by molar-refractivity contribution is -0.153. The minimum atomic E-state index is -4.36. The predicted molar refractivity (Wildman–Crippen MR) is 83.7 cm³/mol. The van der Waals surface area contributed by atoms with Crippen LogP contribution in [0.25, 0.3) is 21.5 Å². The standard InChI is InChI=1S/C18H15F3O2/c1-11-16-8-15-6-12(9-22)2-3-13(15)7-14(16)4-5-17(11)23-10-18(19,20)21/h2-8,22H,9-10H2,1H3. The van der Waals surface area contributed by atoms with Crippen molar-refractivity contribution in [2.75, 3.05) is 6.61 Å². The Hall–Kier alpha value is -2.27. The van der Waals surface area contributed by atoms with Gasteiger partial charge in [-0.05, 0) is 63.9 Å². The molecule has 0 aliphatic carbocycles. The molecular weight excluding hydrogens is 305 g/mol. The van der Waals surface area contributed by atoms with E-state index in [-0.39, 0.29) is 12.4 Å². The molecule has 0 aliphatic heterocycles. The molecule has 0 heterocycles. The van der Waals surface area contributed by atoms with Gasteiger partial charge in [0.2, 0.25) is 0 Å². The second-order valence-electron chi connectivity index (χ2n) is 5.51. The molecule has 0 saturated carbocycles. The Morgan fingerprint density at radius 1 is 0.957 bits per heavy atom. The lowest BCUT2D eigenvalue weighted by atomic mass is 9.98. The highest BCUT2D eigenvalue weighted by Crippen LogP contribution is 2.32. The highest BCUT2D eigenvalue weighted by molar-refractivity contribution is 6.00. The smallest absolute Gasteiger partial charge is 0.422 e. The summed E-state index contributed by atoms with van der Waals surface area (Å²) < 4.78 is 41.9. The largest absolute Gasteiger partial charge is 0.484 e. The van der Waals surface area contributed by atoms with E-state index in [1.54, 1.807) is 19.1 Å². The van der Waals surface area contributed by atoms with Crippen LogP contribution in [0.2, 0.25) is 0 Å². The number of rotatable bonds is 3. The van der Waals surface area contributed by atoms with Crippen LogP contribution in [0.4, 0.5) is 13.2 Å². The molecule has 3 rings (SSSR count). The van der Waals surface area contributed by atoms with Crippen LogP contribution in [-0.2, 0) is 6.61 Å². The van der Waals surface area contributed by atoms with Gasteiger partial charge in [0.25, 0.3) is 0 Å². The first-order valence-electron chi connectivity index (χ1n) is 7.14. The second kappa shape index (κ2) is 5.74. The van der Waals surface area contributed by atoms with Gasteiger partial charge in [0.15, 0.2) is 6.61 Å². The lowest BCUT2D eigenvalue weighted by Crippen LogP contribution is -2.19. The van der Waals surface area contributed by atoms with E-state index in [0.717, 1.165) is 27.1 Å². The number of hydrogen-bond acceptors (Lipinski definition) is 2. The van der Waals surface area contributed by atoms with Gasteiger partial charge in [0.05, 0.1) is 6.61 Å². The van der Waals surface area contributed by atoms with Crippen LogP contribution in [0.3, 0.4) is 0 Å². The summed E-state index contributed by atoms with van der Waals surface area (Å²) in [5.74, 6) is 0.229. The second-order valence-corrected chi connectivity index (χ2v) is 5.51. The van der Waals surface area contributed by atoms with E-state index in [2.05, 4.69) is 0 Å². The van der Waals surface area contributed by atoms with Crippen LogP contribution in [0, 0.1) is 6.92 Å². The average molecular weight is 320 g/mol. The van der Waals surface area contributed by atoms with E-state index in [1.165, 1.54) is 0 Å². The number of fused-ring (bicyclic) bond motifs is 2. The van der Waals surface area contributed by atoms with Crippen LogP contribution in [-0.4, -0.2) is 17.9 Å². The molecule has 0 unspecified atom stereocenters. The maximum Gasteiger partial charge on any atom is 0.422 e. The van der Waals surface area contributed by atoms with Crippen LogP contribution >= 0.6 is 0 Å². The summed E-state index contributed by atoms with van der Waals surface area (Å²) >= 11 is 0. The first-order valence-corrected chi connectivity index (χ1v) is 7.14. The van der Waals surface area contributed by atoms with Crippen molar-refractivity contribution in [2.45, 2.75) is 19.7 Å². The molecule has 3 aromatic rings.